The minimum absolute atomic E-state index is 0.123. The zero-order chi connectivity index (χ0) is 15.7. The third-order valence-corrected chi connectivity index (χ3v) is 4.25. The maximum Gasteiger partial charge on any atom is 0.244 e. The van der Waals surface area contributed by atoms with Crippen LogP contribution < -0.4 is 10.5 Å². The maximum atomic E-state index is 9.52. The molecule has 0 radical (unpaired) electrons. The van der Waals surface area contributed by atoms with Crippen LogP contribution in [0.5, 0.6) is 5.88 Å². The smallest absolute Gasteiger partial charge is 0.244 e. The van der Waals surface area contributed by atoms with E-state index in [0.717, 1.165) is 34.1 Å². The first kappa shape index (κ1) is 14.7. The van der Waals surface area contributed by atoms with Gasteiger partial charge < -0.3 is 10.5 Å². The van der Waals surface area contributed by atoms with Crippen LogP contribution in [0.2, 0.25) is 0 Å². The summed E-state index contributed by atoms with van der Waals surface area (Å²) in [6.45, 7) is 2.10. The van der Waals surface area contributed by atoms with E-state index >= 15 is 0 Å². The van der Waals surface area contributed by atoms with Crippen molar-refractivity contribution >= 4 is 15.9 Å². The van der Waals surface area contributed by atoms with E-state index in [0.29, 0.717) is 11.5 Å². The van der Waals surface area contributed by atoms with Gasteiger partial charge in [-0.1, -0.05) is 41.4 Å². The van der Waals surface area contributed by atoms with Crippen LogP contribution in [0, 0.1) is 11.3 Å². The highest BCUT2D eigenvalue weighted by atomic mass is 79.9. The van der Waals surface area contributed by atoms with Crippen LogP contribution in [0.4, 0.5) is 0 Å². The Labute approximate surface area is 136 Å². The summed E-state index contributed by atoms with van der Waals surface area (Å²) >= 11 is 3.43. The van der Waals surface area contributed by atoms with E-state index in [1.54, 1.807) is 0 Å². The van der Waals surface area contributed by atoms with Gasteiger partial charge in [-0.05, 0) is 24.1 Å². The molecule has 1 aliphatic rings. The van der Waals surface area contributed by atoms with Crippen LogP contribution in [-0.4, -0.2) is 10.2 Å². The molecule has 22 heavy (non-hydrogen) atoms. The second kappa shape index (κ2) is 5.85. The third kappa shape index (κ3) is 2.38. The van der Waals surface area contributed by atoms with Gasteiger partial charge in [0.25, 0.3) is 0 Å². The Morgan fingerprint density at radius 3 is 2.77 bits per heavy atom. The van der Waals surface area contributed by atoms with E-state index in [1.165, 1.54) is 0 Å². The van der Waals surface area contributed by atoms with Crippen molar-refractivity contribution in [2.24, 2.45) is 5.73 Å². The zero-order valence-electron chi connectivity index (χ0n) is 12.1. The minimum Gasteiger partial charge on any atom is -0.420 e. The molecule has 2 heterocycles. The Hall–Kier alpha value is -2.26. The molecule has 1 aliphatic heterocycles. The summed E-state index contributed by atoms with van der Waals surface area (Å²) in [6, 6.07) is 10.1. The molecule has 0 fully saturated rings. The quantitative estimate of drug-likeness (QED) is 0.880. The Morgan fingerprint density at radius 1 is 1.41 bits per heavy atom. The summed E-state index contributed by atoms with van der Waals surface area (Å²) in [5.41, 5.74) is 9.24. The molecule has 1 aromatic heterocycles. The highest BCUT2D eigenvalue weighted by molar-refractivity contribution is 9.10. The lowest BCUT2D eigenvalue weighted by Crippen LogP contribution is -2.21. The topological polar surface area (TPSA) is 87.7 Å². The molecule has 0 saturated heterocycles. The Kier molecular flexibility index (Phi) is 3.90. The van der Waals surface area contributed by atoms with Crippen LogP contribution in [0.1, 0.15) is 36.1 Å². The lowest BCUT2D eigenvalue weighted by Gasteiger charge is -2.24. The summed E-state index contributed by atoms with van der Waals surface area (Å²) < 4.78 is 6.51. The Bertz CT molecular complexity index is 770. The lowest BCUT2D eigenvalue weighted by atomic mass is 9.83. The van der Waals surface area contributed by atoms with Gasteiger partial charge in [0.15, 0.2) is 0 Å². The minimum atomic E-state index is -0.248. The van der Waals surface area contributed by atoms with Crippen LogP contribution in [0.15, 0.2) is 40.2 Å². The number of benzene rings is 1. The number of halogens is 1. The number of rotatable bonds is 3. The van der Waals surface area contributed by atoms with Gasteiger partial charge in [-0.3, -0.25) is 5.10 Å². The van der Waals surface area contributed by atoms with Gasteiger partial charge in [0.2, 0.25) is 11.8 Å². The summed E-state index contributed by atoms with van der Waals surface area (Å²) in [5, 5.41) is 16.7. The molecule has 0 bridgehead atoms. The molecule has 0 unspecified atom stereocenters. The fourth-order valence-electron chi connectivity index (χ4n) is 2.74. The monoisotopic (exact) mass is 358 g/mol. The zero-order valence-corrected chi connectivity index (χ0v) is 13.6. The first-order chi connectivity index (χ1) is 10.7. The van der Waals surface area contributed by atoms with Crippen molar-refractivity contribution in [3.63, 3.8) is 0 Å². The second-order valence-corrected chi connectivity index (χ2v) is 6.06. The first-order valence-electron chi connectivity index (χ1n) is 7.05. The Balaban J connectivity index is 2.19. The van der Waals surface area contributed by atoms with E-state index in [2.05, 4.69) is 39.1 Å². The van der Waals surface area contributed by atoms with E-state index in [-0.39, 0.29) is 11.8 Å². The number of nitriles is 1. The van der Waals surface area contributed by atoms with Gasteiger partial charge in [-0.15, -0.1) is 5.10 Å². The van der Waals surface area contributed by atoms with Crippen LogP contribution >= 0.6 is 15.9 Å². The van der Waals surface area contributed by atoms with Crippen molar-refractivity contribution in [3.05, 3.63) is 57.0 Å². The number of aromatic nitrogens is 2. The largest absolute Gasteiger partial charge is 0.420 e. The number of allylic oxidation sites excluding steroid dienone is 1. The van der Waals surface area contributed by atoms with Crippen molar-refractivity contribution in [1.29, 1.82) is 5.26 Å². The van der Waals surface area contributed by atoms with E-state index in [1.807, 2.05) is 24.3 Å². The molecule has 2 aromatic rings. The van der Waals surface area contributed by atoms with Gasteiger partial charge in [0.1, 0.15) is 11.6 Å². The lowest BCUT2D eigenvalue weighted by molar-refractivity contribution is 0.378. The van der Waals surface area contributed by atoms with Gasteiger partial charge >= 0.3 is 0 Å². The highest BCUT2D eigenvalue weighted by Gasteiger charge is 2.34. The van der Waals surface area contributed by atoms with Gasteiger partial charge in [-0.2, -0.15) is 5.26 Å². The Morgan fingerprint density at radius 2 is 2.14 bits per heavy atom. The SMILES string of the molecule is CCCc1[nH]nc2c1[C@H](c1ccc(Br)cc1)C(C#N)=C(N)O2. The molecule has 0 aliphatic carbocycles. The summed E-state index contributed by atoms with van der Waals surface area (Å²) in [4.78, 5) is 0. The fraction of sp³-hybridized carbons (Fsp3) is 0.250. The van der Waals surface area contributed by atoms with Crippen molar-refractivity contribution in [3.8, 4) is 11.9 Å². The standard InChI is InChI=1S/C16H15BrN4O/c1-2-3-12-14-13(9-4-6-10(17)7-5-9)11(8-18)15(19)22-16(14)21-20-12/h4-7,13H,2-3,19H2,1H3,(H,20,21)/t13-/m1/s1. The fourth-order valence-corrected chi connectivity index (χ4v) is 3.00. The summed E-state index contributed by atoms with van der Waals surface area (Å²) in [6.07, 6.45) is 1.82. The van der Waals surface area contributed by atoms with Crippen LogP contribution in [-0.2, 0) is 6.42 Å². The number of hydrogen-bond donors (Lipinski definition) is 2. The molecule has 1 atom stereocenters. The van der Waals surface area contributed by atoms with Crippen LogP contribution in [0.3, 0.4) is 0 Å². The number of aryl methyl sites for hydroxylation is 1. The molecule has 112 valence electrons. The molecule has 3 rings (SSSR count). The summed E-state index contributed by atoms with van der Waals surface area (Å²) in [5.74, 6) is 0.340. The molecule has 3 N–H and O–H groups in total. The number of nitrogens with zero attached hydrogens (tertiary/aromatic N) is 2. The molecule has 0 spiro atoms. The van der Waals surface area contributed by atoms with E-state index in [4.69, 9.17) is 10.5 Å². The number of aromatic amines is 1. The molecule has 0 amide bonds. The van der Waals surface area contributed by atoms with Gasteiger partial charge in [-0.25, -0.2) is 0 Å². The second-order valence-electron chi connectivity index (χ2n) is 5.15. The normalized spacial score (nSPS) is 16.9. The van der Waals surface area contributed by atoms with Crippen molar-refractivity contribution in [1.82, 2.24) is 10.2 Å². The molecular weight excluding hydrogens is 344 g/mol. The first-order valence-corrected chi connectivity index (χ1v) is 7.85. The number of hydrogen-bond acceptors (Lipinski definition) is 4. The predicted octanol–water partition coefficient (Wildman–Crippen LogP) is 3.34. The maximum absolute atomic E-state index is 9.52. The number of nitrogens with two attached hydrogens (primary N) is 1. The average Bonchev–Trinajstić information content (AvgIpc) is 2.90. The van der Waals surface area contributed by atoms with Gasteiger partial charge in [0.05, 0.1) is 5.92 Å². The number of fused-ring (bicyclic) bond motifs is 1. The number of H-pyrrole nitrogens is 1. The molecule has 0 saturated carbocycles. The predicted molar refractivity (Wildman–Crippen MR) is 86.0 cm³/mol. The van der Waals surface area contributed by atoms with Crippen LogP contribution in [0.25, 0.3) is 0 Å². The van der Waals surface area contributed by atoms with E-state index < -0.39 is 0 Å². The van der Waals surface area contributed by atoms with E-state index in [9.17, 15) is 5.26 Å². The van der Waals surface area contributed by atoms with Gasteiger partial charge in [0, 0.05) is 15.7 Å². The number of ether oxygens (including phenoxy) is 1. The van der Waals surface area contributed by atoms with Crippen molar-refractivity contribution in [2.75, 3.05) is 0 Å². The summed E-state index contributed by atoms with van der Waals surface area (Å²) in [7, 11) is 0. The van der Waals surface area contributed by atoms with Crippen molar-refractivity contribution < 1.29 is 4.74 Å². The molecule has 5 nitrogen and oxygen atoms in total. The highest BCUT2D eigenvalue weighted by Crippen LogP contribution is 2.43. The average molecular weight is 359 g/mol. The molecule has 1 aromatic carbocycles. The molecule has 6 heteroatoms. The number of nitrogens with one attached hydrogen (secondary N) is 1. The third-order valence-electron chi connectivity index (χ3n) is 3.72. The van der Waals surface area contributed by atoms with Crippen molar-refractivity contribution in [2.45, 2.75) is 25.7 Å². The molecular formula is C16H15BrN4O.